The monoisotopic (exact) mass is 237 g/mol. The lowest BCUT2D eigenvalue weighted by molar-refractivity contribution is 0.456. The van der Waals surface area contributed by atoms with Crippen LogP contribution in [0.5, 0.6) is 0 Å². The van der Waals surface area contributed by atoms with E-state index in [-0.39, 0.29) is 0 Å². The average Bonchev–Trinajstić information content (AvgIpc) is 2.78. The van der Waals surface area contributed by atoms with Gasteiger partial charge in [-0.3, -0.25) is 4.68 Å². The van der Waals surface area contributed by atoms with Gasteiger partial charge >= 0.3 is 0 Å². The Morgan fingerprint density at radius 1 is 1.24 bits per heavy atom. The molecule has 0 amide bonds. The summed E-state index contributed by atoms with van der Waals surface area (Å²) in [4.78, 5) is 0. The maximum atomic E-state index is 4.40. The molecule has 3 nitrogen and oxygen atoms in total. The number of rotatable bonds is 9. The molecule has 1 N–H and O–H groups in total. The zero-order valence-electron chi connectivity index (χ0n) is 11.6. The molecule has 1 aromatic heterocycles. The van der Waals surface area contributed by atoms with Gasteiger partial charge in [0.15, 0.2) is 0 Å². The third-order valence-corrected chi connectivity index (χ3v) is 3.24. The quantitative estimate of drug-likeness (QED) is 0.666. The molecule has 0 fully saturated rings. The van der Waals surface area contributed by atoms with Crippen LogP contribution in [0.25, 0.3) is 0 Å². The maximum absolute atomic E-state index is 4.40. The molecule has 1 unspecified atom stereocenters. The van der Waals surface area contributed by atoms with E-state index >= 15 is 0 Å². The molecule has 1 aromatic rings. The number of nitrogens with zero attached hydrogens (tertiary/aromatic N) is 2. The van der Waals surface area contributed by atoms with Crippen molar-refractivity contribution >= 4 is 0 Å². The fourth-order valence-corrected chi connectivity index (χ4v) is 2.25. The van der Waals surface area contributed by atoms with E-state index in [0.29, 0.717) is 6.04 Å². The van der Waals surface area contributed by atoms with Crippen LogP contribution in [0.3, 0.4) is 0 Å². The van der Waals surface area contributed by atoms with E-state index in [2.05, 4.69) is 35.0 Å². The first-order valence-electron chi connectivity index (χ1n) is 7.02. The SMILES string of the molecule is CCCCCCC(NC)c1ccnn1CCC. The van der Waals surface area contributed by atoms with Crippen LogP contribution in [0.15, 0.2) is 12.3 Å². The van der Waals surface area contributed by atoms with Crippen LogP contribution < -0.4 is 5.32 Å². The first-order valence-corrected chi connectivity index (χ1v) is 7.02. The summed E-state index contributed by atoms with van der Waals surface area (Å²) in [5.74, 6) is 0. The average molecular weight is 237 g/mol. The summed E-state index contributed by atoms with van der Waals surface area (Å²) in [5, 5.41) is 7.82. The molecule has 98 valence electrons. The van der Waals surface area contributed by atoms with Gasteiger partial charge in [-0.1, -0.05) is 39.5 Å². The lowest BCUT2D eigenvalue weighted by Crippen LogP contribution is -2.20. The Bertz CT molecular complexity index is 293. The predicted molar refractivity (Wildman–Crippen MR) is 73.1 cm³/mol. The van der Waals surface area contributed by atoms with Crippen molar-refractivity contribution in [1.29, 1.82) is 0 Å². The summed E-state index contributed by atoms with van der Waals surface area (Å²) in [7, 11) is 2.05. The molecule has 1 heterocycles. The zero-order chi connectivity index (χ0) is 12.5. The third kappa shape index (κ3) is 4.50. The number of hydrogen-bond acceptors (Lipinski definition) is 2. The lowest BCUT2D eigenvalue weighted by atomic mass is 10.0. The van der Waals surface area contributed by atoms with Crippen LogP contribution in [0.1, 0.15) is 64.1 Å². The van der Waals surface area contributed by atoms with Gasteiger partial charge in [0, 0.05) is 18.8 Å². The number of nitrogens with one attached hydrogen (secondary N) is 1. The van der Waals surface area contributed by atoms with Gasteiger partial charge in [-0.25, -0.2) is 0 Å². The molecule has 0 aliphatic carbocycles. The molecule has 0 radical (unpaired) electrons. The Morgan fingerprint density at radius 3 is 2.71 bits per heavy atom. The van der Waals surface area contributed by atoms with Crippen LogP contribution in [0, 0.1) is 0 Å². The number of unbranched alkanes of at least 4 members (excludes halogenated alkanes) is 3. The Labute approximate surface area is 106 Å². The van der Waals surface area contributed by atoms with Crippen molar-refractivity contribution in [2.75, 3.05) is 7.05 Å². The highest BCUT2D eigenvalue weighted by molar-refractivity contribution is 5.06. The van der Waals surface area contributed by atoms with E-state index in [9.17, 15) is 0 Å². The van der Waals surface area contributed by atoms with Gasteiger partial charge in [0.1, 0.15) is 0 Å². The van der Waals surface area contributed by atoms with Crippen molar-refractivity contribution in [3.63, 3.8) is 0 Å². The fourth-order valence-electron chi connectivity index (χ4n) is 2.25. The van der Waals surface area contributed by atoms with E-state index in [1.807, 2.05) is 13.2 Å². The van der Waals surface area contributed by atoms with Crippen LogP contribution in [0.4, 0.5) is 0 Å². The van der Waals surface area contributed by atoms with Crippen molar-refractivity contribution in [2.24, 2.45) is 0 Å². The standard InChI is InChI=1S/C14H27N3/c1-4-6-7-8-9-13(15-3)14-10-11-16-17(14)12-5-2/h10-11,13,15H,4-9,12H2,1-3H3. The second-order valence-electron chi connectivity index (χ2n) is 4.67. The molecule has 0 aliphatic rings. The minimum atomic E-state index is 0.459. The molecule has 17 heavy (non-hydrogen) atoms. The summed E-state index contributed by atoms with van der Waals surface area (Å²) in [6, 6.07) is 2.61. The van der Waals surface area contributed by atoms with Gasteiger partial charge in [-0.05, 0) is 26.0 Å². The molecule has 3 heteroatoms. The topological polar surface area (TPSA) is 29.9 Å². The molecule has 0 aromatic carbocycles. The van der Waals surface area contributed by atoms with E-state index in [1.165, 1.54) is 37.8 Å². The Morgan fingerprint density at radius 2 is 2.06 bits per heavy atom. The molecular formula is C14H27N3. The normalized spacial score (nSPS) is 12.9. The number of aromatic nitrogens is 2. The molecule has 1 rings (SSSR count). The smallest absolute Gasteiger partial charge is 0.0553 e. The minimum Gasteiger partial charge on any atom is -0.312 e. The van der Waals surface area contributed by atoms with E-state index in [4.69, 9.17) is 0 Å². The molecule has 0 bridgehead atoms. The van der Waals surface area contributed by atoms with Gasteiger partial charge in [0.05, 0.1) is 5.69 Å². The minimum absolute atomic E-state index is 0.459. The summed E-state index contributed by atoms with van der Waals surface area (Å²) in [6.45, 7) is 5.47. The number of hydrogen-bond donors (Lipinski definition) is 1. The van der Waals surface area contributed by atoms with Gasteiger partial charge < -0.3 is 5.32 Å². The van der Waals surface area contributed by atoms with Crippen molar-refractivity contribution in [1.82, 2.24) is 15.1 Å². The fraction of sp³-hybridized carbons (Fsp3) is 0.786. The van der Waals surface area contributed by atoms with Crippen molar-refractivity contribution in [2.45, 2.75) is 65.0 Å². The summed E-state index contributed by atoms with van der Waals surface area (Å²) in [6.07, 6.45) is 9.57. The second-order valence-corrected chi connectivity index (χ2v) is 4.67. The van der Waals surface area contributed by atoms with Crippen LogP contribution in [0.2, 0.25) is 0 Å². The zero-order valence-corrected chi connectivity index (χ0v) is 11.6. The van der Waals surface area contributed by atoms with Crippen molar-refractivity contribution in [3.05, 3.63) is 18.0 Å². The first kappa shape index (κ1) is 14.2. The summed E-state index contributed by atoms with van der Waals surface area (Å²) >= 11 is 0. The highest BCUT2D eigenvalue weighted by atomic mass is 15.3. The molecule has 1 atom stereocenters. The molecule has 0 aliphatic heterocycles. The lowest BCUT2D eigenvalue weighted by Gasteiger charge is -2.17. The highest BCUT2D eigenvalue weighted by Crippen LogP contribution is 2.19. The largest absolute Gasteiger partial charge is 0.312 e. The molecule has 0 saturated carbocycles. The maximum Gasteiger partial charge on any atom is 0.0553 e. The van der Waals surface area contributed by atoms with Gasteiger partial charge in [-0.2, -0.15) is 5.10 Å². The van der Waals surface area contributed by atoms with Crippen LogP contribution >= 0.6 is 0 Å². The van der Waals surface area contributed by atoms with E-state index < -0.39 is 0 Å². The Balaban J connectivity index is 2.50. The predicted octanol–water partition coefficient (Wildman–Crippen LogP) is 3.52. The molecule has 0 spiro atoms. The van der Waals surface area contributed by atoms with Gasteiger partial charge in [0.2, 0.25) is 0 Å². The van der Waals surface area contributed by atoms with Crippen molar-refractivity contribution in [3.8, 4) is 0 Å². The molecule has 0 saturated heterocycles. The van der Waals surface area contributed by atoms with E-state index in [0.717, 1.165) is 13.0 Å². The highest BCUT2D eigenvalue weighted by Gasteiger charge is 2.13. The third-order valence-electron chi connectivity index (χ3n) is 3.24. The van der Waals surface area contributed by atoms with Crippen molar-refractivity contribution < 1.29 is 0 Å². The van der Waals surface area contributed by atoms with E-state index in [1.54, 1.807) is 0 Å². The summed E-state index contributed by atoms with van der Waals surface area (Å²) in [5.41, 5.74) is 1.34. The first-order chi connectivity index (χ1) is 8.33. The summed E-state index contributed by atoms with van der Waals surface area (Å²) < 4.78 is 2.14. The van der Waals surface area contributed by atoms with Gasteiger partial charge in [-0.15, -0.1) is 0 Å². The van der Waals surface area contributed by atoms with Gasteiger partial charge in [0.25, 0.3) is 0 Å². The Hall–Kier alpha value is -0.830. The second kappa shape index (κ2) is 8.29. The van der Waals surface area contributed by atoms with Crippen LogP contribution in [-0.2, 0) is 6.54 Å². The Kier molecular flexibility index (Phi) is 6.94. The van der Waals surface area contributed by atoms with Crippen LogP contribution in [-0.4, -0.2) is 16.8 Å². The molecular weight excluding hydrogens is 210 g/mol. The number of aryl methyl sites for hydroxylation is 1.